The van der Waals surface area contributed by atoms with Crippen LogP contribution in [0.25, 0.3) is 11.3 Å². The minimum Gasteiger partial charge on any atom is -0.354 e. The molecular weight excluding hydrogens is 403 g/mol. The summed E-state index contributed by atoms with van der Waals surface area (Å²) in [5.74, 6) is 0.559. The molecule has 3 aromatic rings. The molecule has 0 saturated carbocycles. The standard InChI is InChI=1S/C26H29FN4O/c1-19(9-10-20-6-3-2-4-7-20)28-26(32)22-8-5-17-31(18-22)25-16-15-24(29-30-25)21-11-13-23(27)14-12-21/h2-4,6-7,11-16,19,22H,5,8-10,17-18H2,1H3,(H,28,32)/t19-,22-/m1/s1. The molecule has 1 N–H and O–H groups in total. The number of rotatable bonds is 7. The van der Waals surface area contributed by atoms with Gasteiger partial charge in [0.25, 0.3) is 0 Å². The zero-order valence-corrected chi connectivity index (χ0v) is 18.4. The smallest absolute Gasteiger partial charge is 0.225 e. The van der Waals surface area contributed by atoms with E-state index in [1.54, 1.807) is 12.1 Å². The summed E-state index contributed by atoms with van der Waals surface area (Å²) in [6, 6.07) is 20.5. The van der Waals surface area contributed by atoms with Gasteiger partial charge < -0.3 is 10.2 Å². The summed E-state index contributed by atoms with van der Waals surface area (Å²) in [6.07, 6.45) is 3.70. The zero-order chi connectivity index (χ0) is 22.3. The molecule has 2 aromatic carbocycles. The van der Waals surface area contributed by atoms with Gasteiger partial charge in [0.2, 0.25) is 5.91 Å². The van der Waals surface area contributed by atoms with Gasteiger partial charge in [-0.3, -0.25) is 4.79 Å². The van der Waals surface area contributed by atoms with Gasteiger partial charge in [0.15, 0.2) is 5.82 Å². The fourth-order valence-electron chi connectivity index (χ4n) is 4.13. The molecule has 0 unspecified atom stereocenters. The first-order valence-corrected chi connectivity index (χ1v) is 11.3. The molecule has 1 aliphatic rings. The topological polar surface area (TPSA) is 58.1 Å². The Hall–Kier alpha value is -3.28. The van der Waals surface area contributed by atoms with Gasteiger partial charge in [-0.15, -0.1) is 10.2 Å². The maximum atomic E-state index is 13.1. The van der Waals surface area contributed by atoms with Crippen LogP contribution in [0.15, 0.2) is 66.7 Å². The predicted molar refractivity (Wildman–Crippen MR) is 125 cm³/mol. The van der Waals surface area contributed by atoms with Crippen molar-refractivity contribution in [3.63, 3.8) is 0 Å². The number of aromatic nitrogens is 2. The number of halogens is 1. The average Bonchev–Trinajstić information content (AvgIpc) is 2.84. The van der Waals surface area contributed by atoms with Crippen LogP contribution in [0.5, 0.6) is 0 Å². The molecule has 4 rings (SSSR count). The molecule has 1 aliphatic heterocycles. The lowest BCUT2D eigenvalue weighted by atomic mass is 9.96. The highest BCUT2D eigenvalue weighted by Gasteiger charge is 2.27. The summed E-state index contributed by atoms with van der Waals surface area (Å²) < 4.78 is 13.1. The van der Waals surface area contributed by atoms with Crippen molar-refractivity contribution in [1.29, 1.82) is 0 Å². The average molecular weight is 433 g/mol. The Morgan fingerprint density at radius 1 is 1.09 bits per heavy atom. The van der Waals surface area contributed by atoms with Gasteiger partial charge in [0, 0.05) is 24.7 Å². The van der Waals surface area contributed by atoms with E-state index in [9.17, 15) is 9.18 Å². The van der Waals surface area contributed by atoms with Crippen molar-refractivity contribution in [2.45, 2.75) is 38.6 Å². The van der Waals surface area contributed by atoms with Crippen LogP contribution in [0.1, 0.15) is 31.7 Å². The summed E-state index contributed by atoms with van der Waals surface area (Å²) in [5.41, 5.74) is 2.82. The number of carbonyl (C=O) groups is 1. The van der Waals surface area contributed by atoms with Crippen LogP contribution in [0.2, 0.25) is 0 Å². The van der Waals surface area contributed by atoms with Crippen LogP contribution >= 0.6 is 0 Å². The van der Waals surface area contributed by atoms with E-state index >= 15 is 0 Å². The van der Waals surface area contributed by atoms with E-state index < -0.39 is 0 Å². The minimum atomic E-state index is -0.273. The first kappa shape index (κ1) is 21.9. The molecular formula is C26H29FN4O. The van der Waals surface area contributed by atoms with Crippen LogP contribution in [-0.2, 0) is 11.2 Å². The molecule has 2 heterocycles. The third-order valence-electron chi connectivity index (χ3n) is 6.00. The summed E-state index contributed by atoms with van der Waals surface area (Å²) in [6.45, 7) is 3.57. The molecule has 1 amide bonds. The van der Waals surface area contributed by atoms with E-state index in [-0.39, 0.29) is 23.7 Å². The van der Waals surface area contributed by atoms with Crippen molar-refractivity contribution < 1.29 is 9.18 Å². The van der Waals surface area contributed by atoms with Crippen molar-refractivity contribution in [2.24, 2.45) is 5.92 Å². The van der Waals surface area contributed by atoms with Gasteiger partial charge in [-0.1, -0.05) is 30.3 Å². The van der Waals surface area contributed by atoms with E-state index in [1.165, 1.54) is 17.7 Å². The maximum absolute atomic E-state index is 13.1. The van der Waals surface area contributed by atoms with Crippen LogP contribution in [0, 0.1) is 11.7 Å². The second-order valence-corrected chi connectivity index (χ2v) is 8.50. The summed E-state index contributed by atoms with van der Waals surface area (Å²) in [7, 11) is 0. The molecule has 0 spiro atoms. The van der Waals surface area contributed by atoms with Crippen LogP contribution in [0.3, 0.4) is 0 Å². The maximum Gasteiger partial charge on any atom is 0.225 e. The first-order valence-electron chi connectivity index (χ1n) is 11.3. The highest BCUT2D eigenvalue weighted by Crippen LogP contribution is 2.24. The number of carbonyl (C=O) groups excluding carboxylic acids is 1. The Labute approximate surface area is 188 Å². The Morgan fingerprint density at radius 2 is 1.88 bits per heavy atom. The van der Waals surface area contributed by atoms with Crippen molar-refractivity contribution >= 4 is 11.7 Å². The third-order valence-corrected chi connectivity index (χ3v) is 6.00. The number of piperidine rings is 1. The lowest BCUT2D eigenvalue weighted by molar-refractivity contribution is -0.125. The number of benzene rings is 2. The highest BCUT2D eigenvalue weighted by atomic mass is 19.1. The van der Waals surface area contributed by atoms with Gasteiger partial charge in [-0.25, -0.2) is 4.39 Å². The molecule has 1 fully saturated rings. The number of nitrogens with one attached hydrogen (secondary N) is 1. The van der Waals surface area contributed by atoms with Gasteiger partial charge in [0.1, 0.15) is 5.82 Å². The highest BCUT2D eigenvalue weighted by molar-refractivity contribution is 5.79. The number of amides is 1. The number of hydrogen-bond donors (Lipinski definition) is 1. The summed E-state index contributed by atoms with van der Waals surface area (Å²) >= 11 is 0. The zero-order valence-electron chi connectivity index (χ0n) is 18.4. The molecule has 6 heteroatoms. The van der Waals surface area contributed by atoms with Gasteiger partial charge in [-0.05, 0) is 74.6 Å². The molecule has 0 radical (unpaired) electrons. The van der Waals surface area contributed by atoms with Crippen LogP contribution < -0.4 is 10.2 Å². The van der Waals surface area contributed by atoms with E-state index in [4.69, 9.17) is 0 Å². The Balaban J connectivity index is 1.31. The van der Waals surface area contributed by atoms with Crippen LogP contribution in [-0.4, -0.2) is 35.2 Å². The van der Waals surface area contributed by atoms with Crippen molar-refractivity contribution in [3.8, 4) is 11.3 Å². The minimum absolute atomic E-state index is 0.0542. The number of aryl methyl sites for hydroxylation is 1. The monoisotopic (exact) mass is 432 g/mol. The van der Waals surface area contributed by atoms with E-state index in [0.717, 1.165) is 43.6 Å². The SMILES string of the molecule is C[C@H](CCc1ccccc1)NC(=O)[C@@H]1CCCN(c2ccc(-c3ccc(F)cc3)nn2)C1. The normalized spacial score (nSPS) is 17.1. The third kappa shape index (κ3) is 5.69. The van der Waals surface area contributed by atoms with E-state index in [0.29, 0.717) is 12.2 Å². The molecule has 0 bridgehead atoms. The first-order chi connectivity index (χ1) is 15.6. The molecule has 1 aromatic heterocycles. The van der Waals surface area contributed by atoms with Crippen molar-refractivity contribution in [1.82, 2.24) is 15.5 Å². The lowest BCUT2D eigenvalue weighted by Crippen LogP contribution is -2.45. The molecule has 0 aliphatic carbocycles. The largest absolute Gasteiger partial charge is 0.354 e. The quantitative estimate of drug-likeness (QED) is 0.591. The van der Waals surface area contributed by atoms with Crippen molar-refractivity contribution in [3.05, 3.63) is 78.1 Å². The summed E-state index contributed by atoms with van der Waals surface area (Å²) in [4.78, 5) is 15.0. The number of nitrogens with zero attached hydrogens (tertiary/aromatic N) is 3. The van der Waals surface area contributed by atoms with Gasteiger partial charge in [0.05, 0.1) is 11.6 Å². The van der Waals surface area contributed by atoms with E-state index in [2.05, 4.69) is 39.5 Å². The van der Waals surface area contributed by atoms with Crippen molar-refractivity contribution in [2.75, 3.05) is 18.0 Å². The van der Waals surface area contributed by atoms with E-state index in [1.807, 2.05) is 30.3 Å². The molecule has 2 atom stereocenters. The second kappa shape index (κ2) is 10.4. The Morgan fingerprint density at radius 3 is 2.59 bits per heavy atom. The predicted octanol–water partition coefficient (Wildman–Crippen LogP) is 4.64. The fourth-order valence-corrected chi connectivity index (χ4v) is 4.13. The second-order valence-electron chi connectivity index (χ2n) is 8.50. The Bertz CT molecular complexity index is 1010. The van der Waals surface area contributed by atoms with Gasteiger partial charge >= 0.3 is 0 Å². The lowest BCUT2D eigenvalue weighted by Gasteiger charge is -2.33. The molecule has 1 saturated heterocycles. The Kier molecular flexibility index (Phi) is 7.10. The summed E-state index contributed by atoms with van der Waals surface area (Å²) in [5, 5.41) is 11.9. The molecule has 5 nitrogen and oxygen atoms in total. The molecule has 32 heavy (non-hydrogen) atoms. The van der Waals surface area contributed by atoms with Gasteiger partial charge in [-0.2, -0.15) is 0 Å². The number of anilines is 1. The molecule has 166 valence electrons. The number of hydrogen-bond acceptors (Lipinski definition) is 4. The fraction of sp³-hybridized carbons (Fsp3) is 0.346. The van der Waals surface area contributed by atoms with Crippen LogP contribution in [0.4, 0.5) is 10.2 Å².